The molecular weight excluding hydrogens is 320 g/mol. The maximum atomic E-state index is 12.3. The zero-order chi connectivity index (χ0) is 17.6. The normalized spacial score (nSPS) is 29.6. The number of ether oxygens (including phenoxy) is 4. The average Bonchev–Trinajstić information content (AvgIpc) is 3.18. The van der Waals surface area contributed by atoms with E-state index in [1.54, 1.807) is 19.3 Å². The quantitative estimate of drug-likeness (QED) is 0.786. The van der Waals surface area contributed by atoms with Gasteiger partial charge in [-0.3, -0.25) is 4.79 Å². The summed E-state index contributed by atoms with van der Waals surface area (Å²) in [4.78, 5) is 12.3. The van der Waals surface area contributed by atoms with Gasteiger partial charge in [0.1, 0.15) is 17.5 Å². The summed E-state index contributed by atoms with van der Waals surface area (Å²) >= 11 is 0. The molecule has 3 atom stereocenters. The summed E-state index contributed by atoms with van der Waals surface area (Å²) in [5.74, 6) is 1.93. The molecule has 2 heterocycles. The third-order valence-electron chi connectivity index (χ3n) is 5.16. The molecule has 0 N–H and O–H groups in total. The summed E-state index contributed by atoms with van der Waals surface area (Å²) in [5.41, 5.74) is 0.907. The standard InChI is InChI=1S/C20H20O5/c1-4-5-14-10-20(22-3)12(2)19(25-18(20)9-15(14)21)13-6-7-16-17(8-13)24-11-23-16/h4,6-10,12,19H,1,5,11H2,2-3H3. The Morgan fingerprint density at radius 3 is 2.92 bits per heavy atom. The number of carbonyl (C=O) groups is 1. The summed E-state index contributed by atoms with van der Waals surface area (Å²) in [5, 5.41) is 0. The van der Waals surface area contributed by atoms with Gasteiger partial charge in [0.05, 0.1) is 0 Å². The van der Waals surface area contributed by atoms with Crippen LogP contribution in [0.2, 0.25) is 0 Å². The number of fused-ring (bicyclic) bond motifs is 2. The lowest BCUT2D eigenvalue weighted by molar-refractivity contribution is -0.112. The number of benzene rings is 1. The Bertz CT molecular complexity index is 806. The lowest BCUT2D eigenvalue weighted by Gasteiger charge is -2.31. The van der Waals surface area contributed by atoms with Crippen molar-refractivity contribution in [1.82, 2.24) is 0 Å². The summed E-state index contributed by atoms with van der Waals surface area (Å²) in [7, 11) is 1.65. The summed E-state index contributed by atoms with van der Waals surface area (Å²) in [6.07, 6.45) is 5.43. The van der Waals surface area contributed by atoms with Gasteiger partial charge in [-0.25, -0.2) is 0 Å². The van der Waals surface area contributed by atoms with E-state index in [-0.39, 0.29) is 24.6 Å². The van der Waals surface area contributed by atoms with Crippen LogP contribution in [0.4, 0.5) is 0 Å². The van der Waals surface area contributed by atoms with Crippen molar-refractivity contribution in [3.05, 3.63) is 59.9 Å². The molecule has 25 heavy (non-hydrogen) atoms. The molecule has 5 nitrogen and oxygen atoms in total. The highest BCUT2D eigenvalue weighted by Crippen LogP contribution is 2.52. The highest BCUT2D eigenvalue weighted by atomic mass is 16.7. The van der Waals surface area contributed by atoms with E-state index in [4.69, 9.17) is 18.9 Å². The van der Waals surface area contributed by atoms with E-state index in [1.807, 2.05) is 24.3 Å². The second kappa shape index (κ2) is 5.77. The smallest absolute Gasteiger partial charge is 0.231 e. The number of carbonyl (C=O) groups excluding carboxylic acids is 1. The predicted octanol–water partition coefficient (Wildman–Crippen LogP) is 3.48. The first kappa shape index (κ1) is 16.0. The Hall–Kier alpha value is -2.53. The van der Waals surface area contributed by atoms with Crippen LogP contribution in [-0.4, -0.2) is 25.3 Å². The number of allylic oxidation sites excluding steroid dienone is 3. The molecule has 1 aromatic carbocycles. The summed E-state index contributed by atoms with van der Waals surface area (Å²) in [6, 6.07) is 5.78. The van der Waals surface area contributed by atoms with Crippen molar-refractivity contribution in [2.24, 2.45) is 5.92 Å². The highest BCUT2D eigenvalue weighted by molar-refractivity contribution is 6.06. The molecule has 1 aromatic rings. The van der Waals surface area contributed by atoms with Gasteiger partial charge in [-0.05, 0) is 30.2 Å². The molecule has 0 radical (unpaired) electrons. The molecule has 3 unspecified atom stereocenters. The largest absolute Gasteiger partial charge is 0.486 e. The third-order valence-corrected chi connectivity index (χ3v) is 5.16. The highest BCUT2D eigenvalue weighted by Gasteiger charge is 2.53. The fourth-order valence-electron chi connectivity index (χ4n) is 3.78. The molecule has 4 rings (SSSR count). The Kier molecular flexibility index (Phi) is 3.69. The Balaban J connectivity index is 1.74. The van der Waals surface area contributed by atoms with Gasteiger partial charge in [-0.1, -0.05) is 19.1 Å². The maximum absolute atomic E-state index is 12.3. The van der Waals surface area contributed by atoms with Crippen LogP contribution in [0.1, 0.15) is 25.0 Å². The molecule has 1 saturated heterocycles. The summed E-state index contributed by atoms with van der Waals surface area (Å²) in [6.45, 7) is 6.02. The lowest BCUT2D eigenvalue weighted by atomic mass is 9.78. The number of hydrogen-bond acceptors (Lipinski definition) is 5. The molecule has 0 aromatic heterocycles. The van der Waals surface area contributed by atoms with Crippen molar-refractivity contribution < 1.29 is 23.7 Å². The minimum absolute atomic E-state index is 0.0166. The van der Waals surface area contributed by atoms with Gasteiger partial charge in [-0.2, -0.15) is 0 Å². The van der Waals surface area contributed by atoms with Gasteiger partial charge in [0.25, 0.3) is 0 Å². The topological polar surface area (TPSA) is 54.0 Å². The van der Waals surface area contributed by atoms with Gasteiger partial charge >= 0.3 is 0 Å². The molecule has 1 aliphatic carbocycles. The average molecular weight is 340 g/mol. The second-order valence-corrected chi connectivity index (χ2v) is 6.47. The zero-order valence-corrected chi connectivity index (χ0v) is 14.3. The first-order chi connectivity index (χ1) is 12.1. The predicted molar refractivity (Wildman–Crippen MR) is 91.3 cm³/mol. The second-order valence-electron chi connectivity index (χ2n) is 6.47. The van der Waals surface area contributed by atoms with Gasteiger partial charge in [0.2, 0.25) is 6.79 Å². The Labute approximate surface area is 146 Å². The van der Waals surface area contributed by atoms with Crippen LogP contribution in [0.3, 0.4) is 0 Å². The molecule has 2 aliphatic heterocycles. The van der Waals surface area contributed by atoms with Crippen molar-refractivity contribution in [2.45, 2.75) is 25.0 Å². The fourth-order valence-corrected chi connectivity index (χ4v) is 3.78. The number of rotatable bonds is 4. The van der Waals surface area contributed by atoms with E-state index in [0.29, 0.717) is 23.5 Å². The lowest BCUT2D eigenvalue weighted by Crippen LogP contribution is -2.38. The molecule has 0 bridgehead atoms. The molecular formula is C20H20O5. The van der Waals surface area contributed by atoms with Gasteiger partial charge < -0.3 is 18.9 Å². The van der Waals surface area contributed by atoms with Gasteiger partial charge in [-0.15, -0.1) is 6.58 Å². The van der Waals surface area contributed by atoms with Crippen LogP contribution in [0.15, 0.2) is 54.3 Å². The molecule has 3 aliphatic rings. The van der Waals surface area contributed by atoms with E-state index in [1.165, 1.54) is 0 Å². The first-order valence-electron chi connectivity index (χ1n) is 8.29. The van der Waals surface area contributed by atoms with Crippen LogP contribution < -0.4 is 9.47 Å². The van der Waals surface area contributed by atoms with Crippen molar-refractivity contribution in [2.75, 3.05) is 13.9 Å². The van der Waals surface area contributed by atoms with Crippen LogP contribution in [0.25, 0.3) is 0 Å². The SMILES string of the molecule is C=CCC1=CC2(OC)C(=CC1=O)OC(c1ccc3c(c1)OCO3)C2C. The number of hydrogen-bond donors (Lipinski definition) is 0. The van der Waals surface area contributed by atoms with Crippen LogP contribution in [0, 0.1) is 5.92 Å². The minimum Gasteiger partial charge on any atom is -0.486 e. The Morgan fingerprint density at radius 1 is 1.36 bits per heavy atom. The zero-order valence-electron chi connectivity index (χ0n) is 14.3. The van der Waals surface area contributed by atoms with E-state index >= 15 is 0 Å². The van der Waals surface area contributed by atoms with Crippen molar-refractivity contribution >= 4 is 5.78 Å². The third kappa shape index (κ3) is 2.30. The van der Waals surface area contributed by atoms with E-state index < -0.39 is 5.60 Å². The van der Waals surface area contributed by atoms with Gasteiger partial charge in [0, 0.05) is 24.7 Å². The van der Waals surface area contributed by atoms with Crippen molar-refractivity contribution in [1.29, 1.82) is 0 Å². The fraction of sp³-hybridized carbons (Fsp3) is 0.350. The van der Waals surface area contributed by atoms with Crippen LogP contribution in [0.5, 0.6) is 11.5 Å². The number of methoxy groups -OCH3 is 1. The van der Waals surface area contributed by atoms with Crippen molar-refractivity contribution in [3.63, 3.8) is 0 Å². The molecule has 0 spiro atoms. The number of ketones is 1. The van der Waals surface area contributed by atoms with E-state index in [2.05, 4.69) is 13.5 Å². The summed E-state index contributed by atoms with van der Waals surface area (Å²) < 4.78 is 22.9. The van der Waals surface area contributed by atoms with E-state index in [0.717, 1.165) is 11.3 Å². The van der Waals surface area contributed by atoms with Crippen LogP contribution >= 0.6 is 0 Å². The maximum Gasteiger partial charge on any atom is 0.231 e. The van der Waals surface area contributed by atoms with Crippen molar-refractivity contribution in [3.8, 4) is 11.5 Å². The molecule has 0 saturated carbocycles. The molecule has 130 valence electrons. The molecule has 5 heteroatoms. The monoisotopic (exact) mass is 340 g/mol. The minimum atomic E-state index is -0.743. The molecule has 0 amide bonds. The first-order valence-corrected chi connectivity index (χ1v) is 8.29. The van der Waals surface area contributed by atoms with Crippen LogP contribution in [-0.2, 0) is 14.3 Å². The van der Waals surface area contributed by atoms with Gasteiger partial charge in [0.15, 0.2) is 17.3 Å². The molecule has 1 fully saturated rings. The Morgan fingerprint density at radius 2 is 2.16 bits per heavy atom. The van der Waals surface area contributed by atoms with E-state index in [9.17, 15) is 4.79 Å².